The predicted octanol–water partition coefficient (Wildman–Crippen LogP) is 8.32. The first-order valence-electron chi connectivity index (χ1n) is 12.2. The zero-order valence-electron chi connectivity index (χ0n) is 18.9. The molecule has 28 heavy (non-hydrogen) atoms. The normalized spacial score (nSPS) is 11.1. The summed E-state index contributed by atoms with van der Waals surface area (Å²) >= 11 is 0. The van der Waals surface area contributed by atoms with Crippen molar-refractivity contribution in [1.29, 1.82) is 0 Å². The molecule has 0 atom stereocenters. The molecule has 0 aliphatic rings. The van der Waals surface area contributed by atoms with Crippen molar-refractivity contribution >= 4 is 11.7 Å². The number of hydrogen-bond donors (Lipinski definition) is 0. The SMILES string of the molecule is CCC=CCCCCCCCC(=O)C(=C=O)CCCCCCCCCCCC. The molecule has 0 bridgehead atoms. The molecule has 2 heteroatoms. The summed E-state index contributed by atoms with van der Waals surface area (Å²) in [5, 5.41) is 0. The highest BCUT2D eigenvalue weighted by atomic mass is 16.1. The molecule has 0 rings (SSSR count). The van der Waals surface area contributed by atoms with Gasteiger partial charge in [0.05, 0.1) is 5.57 Å². The monoisotopic (exact) mass is 390 g/mol. The van der Waals surface area contributed by atoms with Gasteiger partial charge in [0.15, 0.2) is 5.78 Å². The third-order valence-corrected chi connectivity index (χ3v) is 5.42. The van der Waals surface area contributed by atoms with Crippen LogP contribution in [0.15, 0.2) is 17.7 Å². The van der Waals surface area contributed by atoms with Gasteiger partial charge in [0.1, 0.15) is 5.94 Å². The Hall–Kier alpha value is -1.14. The van der Waals surface area contributed by atoms with Gasteiger partial charge in [-0.25, -0.2) is 4.79 Å². The van der Waals surface area contributed by atoms with Crippen molar-refractivity contribution in [2.45, 2.75) is 136 Å². The molecule has 0 spiro atoms. The van der Waals surface area contributed by atoms with Crippen molar-refractivity contribution in [2.75, 3.05) is 0 Å². The number of allylic oxidation sites excluding steroid dienone is 3. The zero-order valence-corrected chi connectivity index (χ0v) is 18.9. The van der Waals surface area contributed by atoms with E-state index in [0.29, 0.717) is 18.4 Å². The topological polar surface area (TPSA) is 34.1 Å². The Labute approximate surface area is 175 Å². The third kappa shape index (κ3) is 18.2. The molecule has 0 heterocycles. The molecule has 0 aliphatic heterocycles. The Morgan fingerprint density at radius 2 is 1.14 bits per heavy atom. The fourth-order valence-electron chi connectivity index (χ4n) is 3.55. The molecular formula is C26H46O2. The molecule has 0 aliphatic carbocycles. The molecule has 0 unspecified atom stereocenters. The fraction of sp³-hybridized carbons (Fsp3) is 0.808. The minimum absolute atomic E-state index is 0.0387. The van der Waals surface area contributed by atoms with Crippen LogP contribution in [0.4, 0.5) is 0 Å². The van der Waals surface area contributed by atoms with E-state index in [0.717, 1.165) is 32.1 Å². The van der Waals surface area contributed by atoms with Crippen molar-refractivity contribution in [3.05, 3.63) is 17.7 Å². The molecule has 2 nitrogen and oxygen atoms in total. The molecule has 0 fully saturated rings. The van der Waals surface area contributed by atoms with Gasteiger partial charge in [0, 0.05) is 6.42 Å². The summed E-state index contributed by atoms with van der Waals surface area (Å²) in [5.74, 6) is 1.96. The van der Waals surface area contributed by atoms with Crippen LogP contribution in [-0.4, -0.2) is 11.7 Å². The molecule has 0 aromatic heterocycles. The first-order chi connectivity index (χ1) is 13.8. The molecule has 0 amide bonds. The molecule has 0 aromatic rings. The van der Waals surface area contributed by atoms with Crippen molar-refractivity contribution in [1.82, 2.24) is 0 Å². The van der Waals surface area contributed by atoms with Crippen LogP contribution in [-0.2, 0) is 9.59 Å². The van der Waals surface area contributed by atoms with Gasteiger partial charge >= 0.3 is 0 Å². The van der Waals surface area contributed by atoms with E-state index in [-0.39, 0.29) is 5.78 Å². The summed E-state index contributed by atoms with van der Waals surface area (Å²) < 4.78 is 0. The van der Waals surface area contributed by atoms with Crippen molar-refractivity contribution in [3.8, 4) is 0 Å². The van der Waals surface area contributed by atoms with E-state index in [1.54, 1.807) is 0 Å². The van der Waals surface area contributed by atoms with Gasteiger partial charge in [0.2, 0.25) is 0 Å². The van der Waals surface area contributed by atoms with E-state index in [4.69, 9.17) is 0 Å². The highest BCUT2D eigenvalue weighted by Gasteiger charge is 2.10. The number of unbranched alkanes of at least 4 members (excludes halogenated alkanes) is 14. The number of ketones is 1. The summed E-state index contributed by atoms with van der Waals surface area (Å²) in [5.41, 5.74) is 0.407. The predicted molar refractivity (Wildman–Crippen MR) is 122 cm³/mol. The van der Waals surface area contributed by atoms with E-state index in [9.17, 15) is 9.59 Å². The third-order valence-electron chi connectivity index (χ3n) is 5.42. The van der Waals surface area contributed by atoms with Crippen molar-refractivity contribution < 1.29 is 9.59 Å². The number of hydrogen-bond acceptors (Lipinski definition) is 2. The average molecular weight is 391 g/mol. The van der Waals surface area contributed by atoms with E-state index in [1.807, 2.05) is 5.94 Å². The zero-order chi connectivity index (χ0) is 20.7. The quantitative estimate of drug-likeness (QED) is 0.0854. The van der Waals surface area contributed by atoms with Gasteiger partial charge in [0.25, 0.3) is 0 Å². The first kappa shape index (κ1) is 26.9. The van der Waals surface area contributed by atoms with Gasteiger partial charge in [-0.2, -0.15) is 0 Å². The lowest BCUT2D eigenvalue weighted by Crippen LogP contribution is -2.03. The fourth-order valence-corrected chi connectivity index (χ4v) is 3.55. The second-order valence-corrected chi connectivity index (χ2v) is 8.12. The highest BCUT2D eigenvalue weighted by molar-refractivity contribution is 6.02. The number of carbonyl (C=O) groups is 1. The highest BCUT2D eigenvalue weighted by Crippen LogP contribution is 2.15. The first-order valence-corrected chi connectivity index (χ1v) is 12.2. The van der Waals surface area contributed by atoms with Gasteiger partial charge < -0.3 is 0 Å². The van der Waals surface area contributed by atoms with E-state index < -0.39 is 0 Å². The molecule has 0 saturated carbocycles. The second-order valence-electron chi connectivity index (χ2n) is 8.12. The lowest BCUT2D eigenvalue weighted by Gasteiger charge is -2.04. The van der Waals surface area contributed by atoms with Gasteiger partial charge in [-0.05, 0) is 38.5 Å². The average Bonchev–Trinajstić information content (AvgIpc) is 2.70. The summed E-state index contributed by atoms with van der Waals surface area (Å²) in [6.45, 7) is 4.41. The van der Waals surface area contributed by atoms with Crippen molar-refractivity contribution in [3.63, 3.8) is 0 Å². The minimum Gasteiger partial charge on any atom is -0.294 e. The minimum atomic E-state index is 0.0387. The Bertz CT molecular complexity index is 430. The Morgan fingerprint density at radius 1 is 0.643 bits per heavy atom. The van der Waals surface area contributed by atoms with E-state index in [1.165, 1.54) is 77.0 Å². The van der Waals surface area contributed by atoms with Crippen LogP contribution < -0.4 is 0 Å². The molecule has 162 valence electrons. The Kier molecular flexibility index (Phi) is 21.3. The molecule has 0 saturated heterocycles. The van der Waals surface area contributed by atoms with Crippen molar-refractivity contribution in [2.24, 2.45) is 0 Å². The van der Waals surface area contributed by atoms with Crippen LogP contribution >= 0.6 is 0 Å². The van der Waals surface area contributed by atoms with Crippen LogP contribution in [0.3, 0.4) is 0 Å². The number of carbonyl (C=O) groups excluding carboxylic acids is 2. The second kappa shape index (κ2) is 22.2. The summed E-state index contributed by atoms with van der Waals surface area (Å²) in [7, 11) is 0. The van der Waals surface area contributed by atoms with Crippen LogP contribution in [0.2, 0.25) is 0 Å². The molecule has 0 radical (unpaired) electrons. The van der Waals surface area contributed by atoms with Crippen LogP contribution in [0.5, 0.6) is 0 Å². The van der Waals surface area contributed by atoms with E-state index >= 15 is 0 Å². The standard InChI is InChI=1S/C26H46O2/c1-3-5-7-9-11-13-15-16-18-20-22-25(24-27)26(28)23-21-19-17-14-12-10-8-6-4-2/h6,8H,3-5,7,9-23H2,1-2H3. The lowest BCUT2D eigenvalue weighted by atomic mass is 9.99. The van der Waals surface area contributed by atoms with Crippen LogP contribution in [0.1, 0.15) is 136 Å². The van der Waals surface area contributed by atoms with E-state index in [2.05, 4.69) is 26.0 Å². The summed E-state index contributed by atoms with van der Waals surface area (Å²) in [6, 6.07) is 0. The summed E-state index contributed by atoms with van der Waals surface area (Å²) in [4.78, 5) is 23.3. The van der Waals surface area contributed by atoms with Gasteiger partial charge in [-0.1, -0.05) is 103 Å². The van der Waals surface area contributed by atoms with Crippen LogP contribution in [0.25, 0.3) is 0 Å². The van der Waals surface area contributed by atoms with Crippen LogP contribution in [0, 0.1) is 0 Å². The Morgan fingerprint density at radius 3 is 1.68 bits per heavy atom. The Balaban J connectivity index is 3.56. The smallest absolute Gasteiger partial charge is 0.169 e. The maximum Gasteiger partial charge on any atom is 0.169 e. The molecule has 0 N–H and O–H groups in total. The molecular weight excluding hydrogens is 344 g/mol. The molecule has 0 aromatic carbocycles. The maximum absolute atomic E-state index is 12.2. The largest absolute Gasteiger partial charge is 0.294 e. The summed E-state index contributed by atoms with van der Waals surface area (Å²) in [6.07, 6.45) is 26.3. The number of Topliss-reactive ketones (excluding diaryl/α,β-unsaturated/α-hetero) is 1. The lowest BCUT2D eigenvalue weighted by molar-refractivity contribution is -0.115. The maximum atomic E-state index is 12.2. The number of rotatable bonds is 21. The van der Waals surface area contributed by atoms with Gasteiger partial charge in [-0.3, -0.25) is 4.79 Å². The van der Waals surface area contributed by atoms with Gasteiger partial charge in [-0.15, -0.1) is 0 Å².